The highest BCUT2D eigenvalue weighted by molar-refractivity contribution is 5.85. The van der Waals surface area contributed by atoms with Crippen LogP contribution in [0.25, 0.3) is 0 Å². The summed E-state index contributed by atoms with van der Waals surface area (Å²) in [5.74, 6) is -1.27. The van der Waals surface area contributed by atoms with E-state index < -0.39 is 17.3 Å². The molecule has 2 fully saturated rings. The third kappa shape index (κ3) is 5.51. The number of ether oxygens (including phenoxy) is 1. The summed E-state index contributed by atoms with van der Waals surface area (Å²) in [6, 6.07) is 0. The summed E-state index contributed by atoms with van der Waals surface area (Å²) in [5.41, 5.74) is -0.835. The summed E-state index contributed by atoms with van der Waals surface area (Å²) in [6.45, 7) is 4.64. The van der Waals surface area contributed by atoms with Crippen LogP contribution in [0.1, 0.15) is 110 Å². The quantitative estimate of drug-likeness (QED) is 0.327. The maximum atomic E-state index is 13.6. The Morgan fingerprint density at radius 1 is 0.929 bits per heavy atom. The second-order valence-electron chi connectivity index (χ2n) is 9.18. The second kappa shape index (κ2) is 11.8. The third-order valence-corrected chi connectivity index (χ3v) is 7.33. The van der Waals surface area contributed by atoms with Crippen LogP contribution in [0.3, 0.4) is 0 Å². The van der Waals surface area contributed by atoms with Crippen molar-refractivity contribution in [1.82, 2.24) is 0 Å². The van der Waals surface area contributed by atoms with Gasteiger partial charge in [0.15, 0.2) is 0 Å². The van der Waals surface area contributed by atoms with Gasteiger partial charge in [0.05, 0.1) is 17.9 Å². The molecule has 0 aliphatic heterocycles. The van der Waals surface area contributed by atoms with E-state index in [0.717, 1.165) is 77.0 Å². The first-order valence-corrected chi connectivity index (χ1v) is 12.0. The Morgan fingerprint density at radius 2 is 1.50 bits per heavy atom. The van der Waals surface area contributed by atoms with Crippen molar-refractivity contribution >= 4 is 11.9 Å². The number of unbranched alkanes of at least 4 members (excludes halogenated alkanes) is 2. The Kier molecular flexibility index (Phi) is 9.81. The monoisotopic (exact) mass is 394 g/mol. The van der Waals surface area contributed by atoms with Gasteiger partial charge in [-0.2, -0.15) is 0 Å². The molecule has 0 spiro atoms. The van der Waals surface area contributed by atoms with Gasteiger partial charge in [0.25, 0.3) is 0 Å². The maximum absolute atomic E-state index is 13.6. The smallest absolute Gasteiger partial charge is 0.313 e. The third-order valence-electron chi connectivity index (χ3n) is 7.33. The van der Waals surface area contributed by atoms with Gasteiger partial charge < -0.3 is 9.84 Å². The van der Waals surface area contributed by atoms with Crippen LogP contribution in [0.2, 0.25) is 0 Å². The van der Waals surface area contributed by atoms with Crippen molar-refractivity contribution in [2.75, 3.05) is 6.61 Å². The number of carbonyl (C=O) groups is 2. The lowest BCUT2D eigenvalue weighted by molar-refractivity contribution is -0.179. The minimum atomic E-state index is -0.835. The Morgan fingerprint density at radius 3 is 2.04 bits per heavy atom. The summed E-state index contributed by atoms with van der Waals surface area (Å²) in [6.07, 6.45) is 15.0. The predicted octanol–water partition coefficient (Wildman–Crippen LogP) is 6.37. The number of rotatable bonds is 11. The van der Waals surface area contributed by atoms with Crippen LogP contribution >= 0.6 is 0 Å². The molecule has 0 heterocycles. The van der Waals surface area contributed by atoms with Crippen LogP contribution in [0, 0.1) is 23.2 Å². The molecule has 2 saturated carbocycles. The molecule has 0 saturated heterocycles. The van der Waals surface area contributed by atoms with Crippen molar-refractivity contribution in [2.24, 2.45) is 23.2 Å². The molecule has 4 nitrogen and oxygen atoms in total. The van der Waals surface area contributed by atoms with Crippen LogP contribution in [-0.4, -0.2) is 23.7 Å². The first-order valence-electron chi connectivity index (χ1n) is 12.0. The Bertz CT molecular complexity index is 477. The van der Waals surface area contributed by atoms with Crippen molar-refractivity contribution in [1.29, 1.82) is 0 Å². The standard InChI is InChI=1S/C24H42O4/c1-3-5-17-24(20-15-11-8-12-16-20,23(27)28-18-6-4-2)21(22(25)26)19-13-9-7-10-14-19/h19-21H,3-18H2,1-2H3,(H,25,26). The lowest BCUT2D eigenvalue weighted by Crippen LogP contribution is -2.52. The van der Waals surface area contributed by atoms with Crippen molar-refractivity contribution in [2.45, 2.75) is 110 Å². The molecule has 0 aromatic heterocycles. The first-order chi connectivity index (χ1) is 13.6. The highest BCUT2D eigenvalue weighted by Gasteiger charge is 2.57. The molecule has 0 aromatic rings. The van der Waals surface area contributed by atoms with E-state index >= 15 is 0 Å². The second-order valence-corrected chi connectivity index (χ2v) is 9.18. The molecule has 2 atom stereocenters. The van der Waals surface area contributed by atoms with Gasteiger partial charge in [0, 0.05) is 0 Å². The van der Waals surface area contributed by atoms with Crippen LogP contribution in [-0.2, 0) is 14.3 Å². The fourth-order valence-electron chi connectivity index (χ4n) is 5.85. The zero-order chi connectivity index (χ0) is 20.4. The molecule has 2 aliphatic rings. The number of carboxylic acids is 1. The van der Waals surface area contributed by atoms with Gasteiger partial charge in [-0.15, -0.1) is 0 Å². The largest absolute Gasteiger partial charge is 0.481 e. The zero-order valence-electron chi connectivity index (χ0n) is 18.2. The van der Waals surface area contributed by atoms with E-state index in [1.165, 1.54) is 12.8 Å². The van der Waals surface area contributed by atoms with Gasteiger partial charge in [-0.3, -0.25) is 9.59 Å². The van der Waals surface area contributed by atoms with Gasteiger partial charge in [-0.25, -0.2) is 0 Å². The Labute approximate surface area is 171 Å². The van der Waals surface area contributed by atoms with Gasteiger partial charge in [-0.05, 0) is 50.4 Å². The molecule has 4 heteroatoms. The summed E-state index contributed by atoms with van der Waals surface area (Å²) >= 11 is 0. The number of carboxylic acid groups (broad SMARTS) is 1. The van der Waals surface area contributed by atoms with Crippen LogP contribution < -0.4 is 0 Å². The van der Waals surface area contributed by atoms with E-state index in [4.69, 9.17) is 4.74 Å². The molecule has 1 N–H and O–H groups in total. The highest BCUT2D eigenvalue weighted by Crippen LogP contribution is 2.53. The number of aliphatic carboxylic acids is 1. The molecular weight excluding hydrogens is 352 g/mol. The molecule has 0 radical (unpaired) electrons. The lowest BCUT2D eigenvalue weighted by Gasteiger charge is -2.47. The van der Waals surface area contributed by atoms with Crippen LogP contribution in [0.15, 0.2) is 0 Å². The van der Waals surface area contributed by atoms with E-state index in [0.29, 0.717) is 13.0 Å². The lowest BCUT2D eigenvalue weighted by atomic mass is 9.55. The highest BCUT2D eigenvalue weighted by atomic mass is 16.5. The summed E-state index contributed by atoms with van der Waals surface area (Å²) in [4.78, 5) is 26.3. The van der Waals surface area contributed by atoms with E-state index in [1.807, 2.05) is 0 Å². The maximum Gasteiger partial charge on any atom is 0.313 e. The van der Waals surface area contributed by atoms with E-state index in [9.17, 15) is 14.7 Å². The fraction of sp³-hybridized carbons (Fsp3) is 0.917. The molecule has 28 heavy (non-hydrogen) atoms. The summed E-state index contributed by atoms with van der Waals surface area (Å²) < 4.78 is 5.82. The van der Waals surface area contributed by atoms with Crippen molar-refractivity contribution in [3.63, 3.8) is 0 Å². The Balaban J connectivity index is 2.43. The first kappa shape index (κ1) is 23.2. The van der Waals surface area contributed by atoms with Crippen molar-refractivity contribution < 1.29 is 19.4 Å². The normalized spacial score (nSPS) is 22.4. The molecular formula is C24H42O4. The number of hydrogen-bond donors (Lipinski definition) is 1. The Hall–Kier alpha value is -1.06. The average Bonchev–Trinajstić information content (AvgIpc) is 2.72. The molecule has 2 unspecified atom stereocenters. The fourth-order valence-corrected chi connectivity index (χ4v) is 5.85. The molecule has 2 rings (SSSR count). The van der Waals surface area contributed by atoms with Gasteiger partial charge >= 0.3 is 11.9 Å². The van der Waals surface area contributed by atoms with E-state index in [1.54, 1.807) is 0 Å². The SMILES string of the molecule is CCCCOC(=O)C(CCCC)(C1CCCCC1)C(C(=O)O)C1CCCCC1. The van der Waals surface area contributed by atoms with Crippen LogP contribution in [0.5, 0.6) is 0 Å². The topological polar surface area (TPSA) is 63.6 Å². The predicted molar refractivity (Wildman–Crippen MR) is 112 cm³/mol. The molecule has 0 bridgehead atoms. The van der Waals surface area contributed by atoms with E-state index in [2.05, 4.69) is 13.8 Å². The zero-order valence-corrected chi connectivity index (χ0v) is 18.2. The molecule has 0 amide bonds. The molecule has 162 valence electrons. The summed E-state index contributed by atoms with van der Waals surface area (Å²) in [5, 5.41) is 10.4. The average molecular weight is 395 g/mol. The van der Waals surface area contributed by atoms with Crippen molar-refractivity contribution in [3.05, 3.63) is 0 Å². The van der Waals surface area contributed by atoms with Gasteiger partial charge in [-0.1, -0.05) is 71.6 Å². The number of hydrogen-bond acceptors (Lipinski definition) is 3. The minimum Gasteiger partial charge on any atom is -0.481 e. The van der Waals surface area contributed by atoms with Crippen LogP contribution in [0.4, 0.5) is 0 Å². The molecule has 2 aliphatic carbocycles. The minimum absolute atomic E-state index is 0.115. The van der Waals surface area contributed by atoms with Crippen molar-refractivity contribution in [3.8, 4) is 0 Å². The van der Waals surface area contributed by atoms with Gasteiger partial charge in [0.2, 0.25) is 0 Å². The molecule has 0 aromatic carbocycles. The number of carbonyl (C=O) groups excluding carboxylic acids is 1. The summed E-state index contributed by atoms with van der Waals surface area (Å²) in [7, 11) is 0. The van der Waals surface area contributed by atoms with E-state index in [-0.39, 0.29) is 17.8 Å². The van der Waals surface area contributed by atoms with Gasteiger partial charge in [0.1, 0.15) is 0 Å². The number of esters is 1.